The van der Waals surface area contributed by atoms with Crippen LogP contribution >= 0.6 is 0 Å². The van der Waals surface area contributed by atoms with Crippen LogP contribution in [0.15, 0.2) is 48.5 Å². The Morgan fingerprint density at radius 1 is 0.731 bits per heavy atom. The molecule has 0 unspecified atom stereocenters. The van der Waals surface area contributed by atoms with Gasteiger partial charge in [-0.3, -0.25) is 0 Å². The highest BCUT2D eigenvalue weighted by Crippen LogP contribution is 2.35. The second kappa shape index (κ2) is 11.5. The molecule has 0 spiro atoms. The summed E-state index contributed by atoms with van der Waals surface area (Å²) in [5.41, 5.74) is 7.92. The van der Waals surface area contributed by atoms with Crippen LogP contribution in [0, 0.1) is 6.92 Å². The van der Waals surface area contributed by atoms with Gasteiger partial charge in [-0.2, -0.15) is 0 Å². The zero-order valence-electron chi connectivity index (χ0n) is 17.7. The topological polar surface area (TPSA) is 12.9 Å². The molecule has 0 atom stereocenters. The quantitative estimate of drug-likeness (QED) is 0.404. The van der Waals surface area contributed by atoms with Crippen LogP contribution in [0.1, 0.15) is 64.7 Å². The molecule has 1 nitrogen and oxygen atoms in total. The molecule has 1 heteroatoms. The molecule has 0 fully saturated rings. The van der Waals surface area contributed by atoms with Crippen molar-refractivity contribution in [3.8, 4) is 11.3 Å². The minimum absolute atomic E-state index is 1.11. The first-order valence-electron chi connectivity index (χ1n) is 10.3. The van der Waals surface area contributed by atoms with Gasteiger partial charge < -0.3 is 0 Å². The highest BCUT2D eigenvalue weighted by Gasteiger charge is 2.18. The van der Waals surface area contributed by atoms with Crippen molar-refractivity contribution in [3.05, 3.63) is 65.2 Å². The Bertz CT molecular complexity index is 802. The molecule has 0 N–H and O–H groups in total. The van der Waals surface area contributed by atoms with Crippen molar-refractivity contribution in [3.63, 3.8) is 0 Å². The Kier molecular flexibility index (Phi) is 9.65. The van der Waals surface area contributed by atoms with Crippen LogP contribution in [-0.2, 0) is 12.8 Å². The third-order valence-corrected chi connectivity index (χ3v) is 4.42. The summed E-state index contributed by atoms with van der Waals surface area (Å²) in [5, 5.41) is 1.30. The molecule has 0 aliphatic heterocycles. The number of benzene rings is 2. The van der Waals surface area contributed by atoms with Crippen molar-refractivity contribution in [1.29, 1.82) is 0 Å². The number of pyridine rings is 1. The van der Waals surface area contributed by atoms with Gasteiger partial charge in [0.2, 0.25) is 0 Å². The molecule has 2 aromatic carbocycles. The standard InChI is InChI=1S/C19H17N.3C2H6/c1-13-15-9-4-5-12-18(15)20-19-16(13)11-6-8-14-7-2-3-10-17(14)19;3*1-2/h2-5,7,9-10,12H,6,8,11H2,1H3;3*1-2H3. The molecule has 0 bridgehead atoms. The highest BCUT2D eigenvalue weighted by atomic mass is 14.7. The van der Waals surface area contributed by atoms with Crippen LogP contribution in [0.4, 0.5) is 0 Å². The largest absolute Gasteiger partial charge is 0.247 e. The van der Waals surface area contributed by atoms with Crippen LogP contribution in [-0.4, -0.2) is 4.98 Å². The van der Waals surface area contributed by atoms with E-state index in [9.17, 15) is 0 Å². The zero-order valence-corrected chi connectivity index (χ0v) is 17.7. The normalized spacial score (nSPS) is 11.2. The number of hydrogen-bond donors (Lipinski definition) is 0. The van der Waals surface area contributed by atoms with Crippen LogP contribution in [0.3, 0.4) is 0 Å². The maximum Gasteiger partial charge on any atom is 0.0747 e. The minimum atomic E-state index is 1.11. The van der Waals surface area contributed by atoms with Gasteiger partial charge in [-0.15, -0.1) is 0 Å². The van der Waals surface area contributed by atoms with Gasteiger partial charge in [0.05, 0.1) is 11.2 Å². The number of rotatable bonds is 0. The Morgan fingerprint density at radius 3 is 2.08 bits per heavy atom. The van der Waals surface area contributed by atoms with Crippen molar-refractivity contribution >= 4 is 10.9 Å². The first kappa shape index (κ1) is 21.9. The smallest absolute Gasteiger partial charge is 0.0747 e. The van der Waals surface area contributed by atoms with E-state index in [0.29, 0.717) is 0 Å². The molecule has 1 aliphatic rings. The lowest BCUT2D eigenvalue weighted by atomic mass is 9.96. The summed E-state index contributed by atoms with van der Waals surface area (Å²) in [5.74, 6) is 0. The predicted molar refractivity (Wildman–Crippen MR) is 118 cm³/mol. The molecule has 1 aromatic heterocycles. The maximum atomic E-state index is 4.98. The van der Waals surface area contributed by atoms with Gasteiger partial charge in [-0.05, 0) is 48.9 Å². The molecule has 4 rings (SSSR count). The van der Waals surface area contributed by atoms with Crippen molar-refractivity contribution in [2.75, 3.05) is 0 Å². The molecule has 0 amide bonds. The third kappa shape index (κ3) is 4.52. The third-order valence-electron chi connectivity index (χ3n) is 4.42. The van der Waals surface area contributed by atoms with Gasteiger partial charge >= 0.3 is 0 Å². The van der Waals surface area contributed by atoms with E-state index >= 15 is 0 Å². The molecular formula is C25H35N. The number of fused-ring (bicyclic) bond motifs is 4. The number of para-hydroxylation sites is 1. The van der Waals surface area contributed by atoms with Gasteiger partial charge in [-0.1, -0.05) is 84.0 Å². The average molecular weight is 350 g/mol. The molecule has 1 aliphatic carbocycles. The number of hydrogen-bond acceptors (Lipinski definition) is 1. The molecule has 140 valence electrons. The van der Waals surface area contributed by atoms with E-state index in [1.807, 2.05) is 41.5 Å². The van der Waals surface area contributed by atoms with E-state index in [2.05, 4.69) is 55.5 Å². The van der Waals surface area contributed by atoms with Crippen LogP contribution < -0.4 is 0 Å². The second-order valence-corrected chi connectivity index (χ2v) is 5.59. The fourth-order valence-electron chi connectivity index (χ4n) is 3.37. The van der Waals surface area contributed by atoms with Crippen LogP contribution in [0.25, 0.3) is 22.2 Å². The summed E-state index contributed by atoms with van der Waals surface area (Å²) in [7, 11) is 0. The Balaban J connectivity index is 0.000000515. The monoisotopic (exact) mass is 349 g/mol. The summed E-state index contributed by atoms with van der Waals surface area (Å²) in [6, 6.07) is 17.2. The molecule has 3 aromatic rings. The maximum absolute atomic E-state index is 4.98. The first-order valence-corrected chi connectivity index (χ1v) is 10.3. The molecule has 26 heavy (non-hydrogen) atoms. The Hall–Kier alpha value is -2.15. The van der Waals surface area contributed by atoms with Gasteiger partial charge in [0, 0.05) is 10.9 Å². The summed E-state index contributed by atoms with van der Waals surface area (Å²) < 4.78 is 0. The fraction of sp³-hybridized carbons (Fsp3) is 0.400. The van der Waals surface area contributed by atoms with Gasteiger partial charge in [-0.25, -0.2) is 4.98 Å². The SMILES string of the molecule is CC.CC.CC.Cc1c2c(nc3ccccc13)-c1ccccc1CCC2. The van der Waals surface area contributed by atoms with Crippen molar-refractivity contribution < 1.29 is 0 Å². The second-order valence-electron chi connectivity index (χ2n) is 5.59. The molecule has 0 saturated carbocycles. The first-order chi connectivity index (χ1) is 12.8. The summed E-state index contributed by atoms with van der Waals surface area (Å²) >= 11 is 0. The number of aryl methyl sites for hydroxylation is 2. The van der Waals surface area contributed by atoms with E-state index in [-0.39, 0.29) is 0 Å². The van der Waals surface area contributed by atoms with Crippen LogP contribution in [0.5, 0.6) is 0 Å². The molecule has 1 heterocycles. The van der Waals surface area contributed by atoms with E-state index in [1.54, 1.807) is 0 Å². The number of nitrogens with zero attached hydrogens (tertiary/aromatic N) is 1. The van der Waals surface area contributed by atoms with E-state index < -0.39 is 0 Å². The summed E-state index contributed by atoms with van der Waals surface area (Å²) in [6.45, 7) is 14.2. The average Bonchev–Trinajstić information content (AvgIpc) is 2.93. The Labute approximate surface area is 160 Å². The van der Waals surface area contributed by atoms with E-state index in [4.69, 9.17) is 4.98 Å². The number of aromatic nitrogens is 1. The van der Waals surface area contributed by atoms with Crippen molar-refractivity contribution in [2.45, 2.75) is 67.7 Å². The fourth-order valence-corrected chi connectivity index (χ4v) is 3.37. The molecular weight excluding hydrogens is 314 g/mol. The van der Waals surface area contributed by atoms with Crippen molar-refractivity contribution in [1.82, 2.24) is 4.98 Å². The lowest BCUT2D eigenvalue weighted by Crippen LogP contribution is -1.97. The summed E-state index contributed by atoms with van der Waals surface area (Å²) in [4.78, 5) is 4.98. The molecule has 0 radical (unpaired) electrons. The lowest BCUT2D eigenvalue weighted by Gasteiger charge is -2.13. The van der Waals surface area contributed by atoms with Gasteiger partial charge in [0.15, 0.2) is 0 Å². The van der Waals surface area contributed by atoms with E-state index in [0.717, 1.165) is 18.4 Å². The van der Waals surface area contributed by atoms with E-state index in [1.165, 1.54) is 39.8 Å². The van der Waals surface area contributed by atoms with Crippen LogP contribution in [0.2, 0.25) is 0 Å². The lowest BCUT2D eigenvalue weighted by molar-refractivity contribution is 0.830. The predicted octanol–water partition coefficient (Wildman–Crippen LogP) is 7.78. The Morgan fingerprint density at radius 2 is 1.35 bits per heavy atom. The minimum Gasteiger partial charge on any atom is -0.247 e. The van der Waals surface area contributed by atoms with Gasteiger partial charge in [0.25, 0.3) is 0 Å². The summed E-state index contributed by atoms with van der Waals surface area (Å²) in [6.07, 6.45) is 3.50. The van der Waals surface area contributed by atoms with Crippen molar-refractivity contribution in [2.24, 2.45) is 0 Å². The molecule has 0 saturated heterocycles. The van der Waals surface area contributed by atoms with Gasteiger partial charge in [0.1, 0.15) is 0 Å². The highest BCUT2D eigenvalue weighted by molar-refractivity contribution is 5.87. The zero-order chi connectivity index (χ0) is 19.5.